The molecule has 16 heavy (non-hydrogen) atoms. The molecule has 7 heteroatoms. The van der Waals surface area contributed by atoms with Gasteiger partial charge in [0.15, 0.2) is 0 Å². The number of allylic oxidation sites excluding steroid dienone is 2. The molecule has 2 aliphatic rings. The Bertz CT molecular complexity index is 504. The lowest BCUT2D eigenvalue weighted by molar-refractivity contribution is 0.102. The molecule has 0 radical (unpaired) electrons. The van der Waals surface area contributed by atoms with Crippen LogP contribution in [-0.4, -0.2) is 27.6 Å². The fraction of sp³-hybridized carbons (Fsp3) is 0.222. The van der Waals surface area contributed by atoms with Gasteiger partial charge >= 0.3 is 0 Å². The highest BCUT2D eigenvalue weighted by Crippen LogP contribution is 2.20. The Kier molecular flexibility index (Phi) is 3.40. The van der Waals surface area contributed by atoms with Gasteiger partial charge in [-0.2, -0.15) is 0 Å². The monoisotopic (exact) mass is 260 g/mol. The number of imidazole rings is 1. The summed E-state index contributed by atoms with van der Waals surface area (Å²) in [5.74, 6) is -0.195. The average molecular weight is 261 g/mol. The maximum absolute atomic E-state index is 11.6. The van der Waals surface area contributed by atoms with Crippen LogP contribution >= 0.6 is 24.8 Å². The van der Waals surface area contributed by atoms with E-state index in [2.05, 4.69) is 9.98 Å². The van der Waals surface area contributed by atoms with Gasteiger partial charge in [0.25, 0.3) is 0 Å². The number of carbonyl (C=O) groups excluding carboxylic acids is 1. The van der Waals surface area contributed by atoms with E-state index in [4.69, 9.17) is 5.73 Å². The molecule has 0 saturated heterocycles. The zero-order valence-corrected chi connectivity index (χ0v) is 9.85. The molecule has 0 amide bonds. The Morgan fingerprint density at radius 3 is 2.88 bits per heavy atom. The van der Waals surface area contributed by atoms with Gasteiger partial charge in [0.05, 0.1) is 30.0 Å². The van der Waals surface area contributed by atoms with Crippen molar-refractivity contribution in [1.29, 1.82) is 0 Å². The number of carbonyl (C=O) groups is 1. The van der Waals surface area contributed by atoms with Crippen LogP contribution in [0.5, 0.6) is 0 Å². The summed E-state index contributed by atoms with van der Waals surface area (Å²) in [7, 11) is 0. The summed E-state index contributed by atoms with van der Waals surface area (Å²) in [4.78, 5) is 20.0. The molecule has 0 saturated carbocycles. The normalized spacial score (nSPS) is 16.4. The molecule has 1 aromatic rings. The van der Waals surface area contributed by atoms with Crippen molar-refractivity contribution < 1.29 is 4.79 Å². The van der Waals surface area contributed by atoms with Crippen LogP contribution in [-0.2, 0) is 6.54 Å². The third-order valence-corrected chi connectivity index (χ3v) is 2.47. The van der Waals surface area contributed by atoms with Gasteiger partial charge in [-0.25, -0.2) is 4.98 Å². The molecule has 2 heterocycles. The fourth-order valence-electron chi connectivity index (χ4n) is 1.80. The standard InChI is InChI=1S/C9H8N4O.2ClH/c10-5-3-6-8-7(9(5)14)12-4-13(8)2-1-11-6;;/h3-4H,1-2,10H2;2*1H. The average Bonchev–Trinajstić information content (AvgIpc) is 2.60. The number of ketones is 1. The zero-order valence-electron chi connectivity index (χ0n) is 8.21. The topological polar surface area (TPSA) is 73.3 Å². The van der Waals surface area contributed by atoms with Gasteiger partial charge in [-0.05, 0) is 6.08 Å². The van der Waals surface area contributed by atoms with E-state index in [-0.39, 0.29) is 36.3 Å². The molecule has 86 valence electrons. The van der Waals surface area contributed by atoms with Gasteiger partial charge < -0.3 is 10.3 Å². The van der Waals surface area contributed by atoms with Crippen molar-refractivity contribution in [3.05, 3.63) is 29.5 Å². The van der Waals surface area contributed by atoms with Crippen molar-refractivity contribution in [3.63, 3.8) is 0 Å². The first-order valence-electron chi connectivity index (χ1n) is 4.39. The van der Waals surface area contributed by atoms with Crippen LogP contribution in [0.2, 0.25) is 0 Å². The number of hydrogen-bond donors (Lipinski definition) is 1. The summed E-state index contributed by atoms with van der Waals surface area (Å²) in [6.07, 6.45) is 3.30. The summed E-state index contributed by atoms with van der Waals surface area (Å²) in [5, 5.41) is 0. The van der Waals surface area contributed by atoms with Crippen molar-refractivity contribution in [2.75, 3.05) is 6.54 Å². The second-order valence-electron chi connectivity index (χ2n) is 3.33. The molecular weight excluding hydrogens is 251 g/mol. The van der Waals surface area contributed by atoms with E-state index in [1.165, 1.54) is 0 Å². The van der Waals surface area contributed by atoms with E-state index >= 15 is 0 Å². The largest absolute Gasteiger partial charge is 0.395 e. The number of aliphatic imine (C=N–C) groups is 1. The van der Waals surface area contributed by atoms with E-state index in [9.17, 15) is 4.79 Å². The third-order valence-electron chi connectivity index (χ3n) is 2.47. The summed E-state index contributed by atoms with van der Waals surface area (Å²) >= 11 is 0. The molecule has 1 aromatic heterocycles. The number of nitrogens with two attached hydrogens (primary N) is 1. The predicted octanol–water partition coefficient (Wildman–Crippen LogP) is 0.568. The van der Waals surface area contributed by atoms with Crippen molar-refractivity contribution >= 4 is 36.3 Å². The van der Waals surface area contributed by atoms with Crippen LogP contribution in [0.4, 0.5) is 0 Å². The van der Waals surface area contributed by atoms with Crippen LogP contribution in [0.25, 0.3) is 0 Å². The van der Waals surface area contributed by atoms with Gasteiger partial charge in [-0.15, -0.1) is 24.8 Å². The van der Waals surface area contributed by atoms with Gasteiger partial charge in [0.1, 0.15) is 5.69 Å². The second kappa shape index (κ2) is 4.27. The predicted molar refractivity (Wildman–Crippen MR) is 64.7 cm³/mol. The molecule has 0 aromatic carbocycles. The lowest BCUT2D eigenvalue weighted by Crippen LogP contribution is -2.26. The molecule has 2 N–H and O–H groups in total. The number of aromatic nitrogens is 2. The summed E-state index contributed by atoms with van der Waals surface area (Å²) < 4.78 is 1.94. The minimum Gasteiger partial charge on any atom is -0.395 e. The minimum absolute atomic E-state index is 0. The molecule has 1 aliphatic heterocycles. The molecule has 0 atom stereocenters. The summed E-state index contributed by atoms with van der Waals surface area (Å²) in [5.41, 5.74) is 7.83. The van der Waals surface area contributed by atoms with Crippen molar-refractivity contribution in [2.24, 2.45) is 10.7 Å². The molecule has 1 aliphatic carbocycles. The molecule has 3 rings (SSSR count). The quantitative estimate of drug-likeness (QED) is 0.741. The highest BCUT2D eigenvalue weighted by molar-refractivity contribution is 6.24. The van der Waals surface area contributed by atoms with Crippen molar-refractivity contribution in [2.45, 2.75) is 6.54 Å². The van der Waals surface area contributed by atoms with Crippen LogP contribution in [0.3, 0.4) is 0 Å². The smallest absolute Gasteiger partial charge is 0.229 e. The third kappa shape index (κ3) is 1.52. The highest BCUT2D eigenvalue weighted by Gasteiger charge is 2.28. The first-order chi connectivity index (χ1) is 6.77. The van der Waals surface area contributed by atoms with Crippen molar-refractivity contribution in [1.82, 2.24) is 9.55 Å². The first kappa shape index (κ1) is 12.7. The molecule has 0 fully saturated rings. The lowest BCUT2D eigenvalue weighted by atomic mass is 10.0. The van der Waals surface area contributed by atoms with E-state index in [0.717, 1.165) is 24.5 Å². The Hall–Kier alpha value is -1.33. The fourth-order valence-corrected chi connectivity index (χ4v) is 1.80. The maximum Gasteiger partial charge on any atom is 0.229 e. The van der Waals surface area contributed by atoms with Gasteiger partial charge in [-0.1, -0.05) is 0 Å². The molecule has 5 nitrogen and oxygen atoms in total. The SMILES string of the molecule is Cl.Cl.NC1=CC2=NCCn3cnc(c32)C1=O. The van der Waals surface area contributed by atoms with E-state index in [1.807, 2.05) is 4.57 Å². The second-order valence-corrected chi connectivity index (χ2v) is 3.33. The molecular formula is C9H10Cl2N4O. The number of nitrogens with zero attached hydrogens (tertiary/aromatic N) is 3. The number of Topliss-reactive ketones (excluding diaryl/α,β-unsaturated/α-hetero) is 1. The minimum atomic E-state index is -0.195. The number of rotatable bonds is 0. The Labute approximate surface area is 104 Å². The number of hydrogen-bond acceptors (Lipinski definition) is 4. The van der Waals surface area contributed by atoms with Gasteiger partial charge in [0.2, 0.25) is 5.78 Å². The zero-order chi connectivity index (χ0) is 9.71. The highest BCUT2D eigenvalue weighted by atomic mass is 35.5. The number of halogens is 2. The first-order valence-corrected chi connectivity index (χ1v) is 4.39. The lowest BCUT2D eigenvalue weighted by Gasteiger charge is -2.17. The molecule has 0 unspecified atom stereocenters. The van der Waals surface area contributed by atoms with Crippen LogP contribution in [0.1, 0.15) is 16.2 Å². The van der Waals surface area contributed by atoms with Crippen LogP contribution in [0.15, 0.2) is 23.1 Å². The summed E-state index contributed by atoms with van der Waals surface area (Å²) in [6.45, 7) is 1.50. The summed E-state index contributed by atoms with van der Waals surface area (Å²) in [6, 6.07) is 0. The van der Waals surface area contributed by atoms with Gasteiger partial charge in [0, 0.05) is 6.54 Å². The van der Waals surface area contributed by atoms with Crippen molar-refractivity contribution in [3.8, 4) is 0 Å². The molecule has 0 spiro atoms. The Balaban J connectivity index is 0.000000640. The van der Waals surface area contributed by atoms with E-state index < -0.39 is 0 Å². The van der Waals surface area contributed by atoms with Gasteiger partial charge in [-0.3, -0.25) is 9.79 Å². The van der Waals surface area contributed by atoms with E-state index in [1.54, 1.807) is 12.4 Å². The maximum atomic E-state index is 11.6. The Morgan fingerprint density at radius 2 is 2.12 bits per heavy atom. The van der Waals surface area contributed by atoms with Crippen LogP contribution < -0.4 is 5.73 Å². The van der Waals surface area contributed by atoms with E-state index in [0.29, 0.717) is 5.69 Å². The van der Waals surface area contributed by atoms with Crippen LogP contribution in [0, 0.1) is 0 Å². The Morgan fingerprint density at radius 1 is 1.38 bits per heavy atom. The molecule has 0 bridgehead atoms.